The van der Waals surface area contributed by atoms with Gasteiger partial charge in [-0.25, -0.2) is 0 Å². The fraction of sp³-hybridized carbons (Fsp3) is 0.321. The minimum Gasteiger partial charge on any atom is -0.371 e. The molecule has 172 valence electrons. The van der Waals surface area contributed by atoms with Gasteiger partial charge >= 0.3 is 0 Å². The van der Waals surface area contributed by atoms with Gasteiger partial charge in [0.05, 0.1) is 0 Å². The minimum absolute atomic E-state index is 0.0654. The van der Waals surface area contributed by atoms with E-state index in [0.717, 1.165) is 48.4 Å². The Kier molecular flexibility index (Phi) is 7.62. The first-order chi connectivity index (χ1) is 15.9. The quantitative estimate of drug-likeness (QED) is 0.356. The molecule has 0 unspecified atom stereocenters. The Morgan fingerprint density at radius 2 is 1.45 bits per heavy atom. The highest BCUT2D eigenvalue weighted by Crippen LogP contribution is 2.34. The fourth-order valence-corrected chi connectivity index (χ4v) is 5.05. The number of hydrogen-bond donors (Lipinski definition) is 2. The molecule has 1 aliphatic carbocycles. The molecule has 2 N–H and O–H groups in total. The Morgan fingerprint density at radius 3 is 2.06 bits per heavy atom. The van der Waals surface area contributed by atoms with Gasteiger partial charge in [0.2, 0.25) is 5.91 Å². The van der Waals surface area contributed by atoms with Crippen LogP contribution in [0.15, 0.2) is 78.9 Å². The SMILES string of the molecule is C[C@@H](NC(=O)C1(Nc2ccccc2)CCCC1)[C@H](Cc1ccc(Cl)cc1)c1ccc(Cl)cc1. The summed E-state index contributed by atoms with van der Waals surface area (Å²) in [5, 5.41) is 8.35. The van der Waals surface area contributed by atoms with Crippen LogP contribution in [0.5, 0.6) is 0 Å². The van der Waals surface area contributed by atoms with Crippen molar-refractivity contribution in [2.24, 2.45) is 0 Å². The van der Waals surface area contributed by atoms with Gasteiger partial charge in [-0.15, -0.1) is 0 Å². The molecule has 1 aliphatic rings. The van der Waals surface area contributed by atoms with Gasteiger partial charge in [0.25, 0.3) is 0 Å². The van der Waals surface area contributed by atoms with Crippen LogP contribution in [0.25, 0.3) is 0 Å². The third kappa shape index (κ3) is 5.90. The van der Waals surface area contributed by atoms with Gasteiger partial charge in [0.15, 0.2) is 0 Å². The van der Waals surface area contributed by atoms with Gasteiger partial charge in [0.1, 0.15) is 5.54 Å². The summed E-state index contributed by atoms with van der Waals surface area (Å²) in [4.78, 5) is 13.7. The second kappa shape index (κ2) is 10.6. The Labute approximate surface area is 206 Å². The highest BCUT2D eigenvalue weighted by molar-refractivity contribution is 6.30. The van der Waals surface area contributed by atoms with Crippen LogP contribution in [0.2, 0.25) is 10.0 Å². The monoisotopic (exact) mass is 480 g/mol. The summed E-state index contributed by atoms with van der Waals surface area (Å²) in [7, 11) is 0. The lowest BCUT2D eigenvalue weighted by molar-refractivity contribution is -0.126. The largest absolute Gasteiger partial charge is 0.371 e. The third-order valence-corrected chi connectivity index (χ3v) is 7.18. The van der Waals surface area contributed by atoms with Crippen molar-refractivity contribution in [2.45, 2.75) is 56.5 Å². The molecule has 4 rings (SSSR count). The molecule has 0 aromatic heterocycles. The van der Waals surface area contributed by atoms with Crippen molar-refractivity contribution in [3.05, 3.63) is 100 Å². The predicted molar refractivity (Wildman–Crippen MR) is 138 cm³/mol. The molecule has 0 saturated heterocycles. The lowest BCUT2D eigenvalue weighted by atomic mass is 9.85. The average Bonchev–Trinajstić information content (AvgIpc) is 3.30. The molecule has 3 nitrogen and oxygen atoms in total. The van der Waals surface area contributed by atoms with E-state index in [-0.39, 0.29) is 17.9 Å². The predicted octanol–water partition coefficient (Wildman–Crippen LogP) is 7.25. The maximum atomic E-state index is 13.7. The first-order valence-electron chi connectivity index (χ1n) is 11.6. The molecule has 0 aliphatic heterocycles. The lowest BCUT2D eigenvalue weighted by Crippen LogP contribution is -2.54. The van der Waals surface area contributed by atoms with Crippen LogP contribution >= 0.6 is 23.2 Å². The van der Waals surface area contributed by atoms with E-state index < -0.39 is 5.54 Å². The van der Waals surface area contributed by atoms with Crippen LogP contribution in [0, 0.1) is 0 Å². The number of hydrogen-bond acceptors (Lipinski definition) is 2. The van der Waals surface area contributed by atoms with E-state index in [0.29, 0.717) is 5.02 Å². The van der Waals surface area contributed by atoms with E-state index in [1.54, 1.807) is 0 Å². The Balaban J connectivity index is 1.55. The fourth-order valence-electron chi connectivity index (χ4n) is 4.80. The van der Waals surface area contributed by atoms with Gasteiger partial charge in [-0.05, 0) is 73.7 Å². The maximum absolute atomic E-state index is 13.7. The smallest absolute Gasteiger partial charge is 0.245 e. The number of para-hydroxylation sites is 1. The molecule has 33 heavy (non-hydrogen) atoms. The van der Waals surface area contributed by atoms with Crippen LogP contribution in [-0.2, 0) is 11.2 Å². The highest BCUT2D eigenvalue weighted by atomic mass is 35.5. The van der Waals surface area contributed by atoms with Crippen molar-refractivity contribution in [3.63, 3.8) is 0 Å². The number of halogens is 2. The van der Waals surface area contributed by atoms with Crippen molar-refractivity contribution < 1.29 is 4.79 Å². The van der Waals surface area contributed by atoms with E-state index >= 15 is 0 Å². The van der Waals surface area contributed by atoms with Crippen LogP contribution in [0.1, 0.15) is 49.7 Å². The summed E-state index contributed by atoms with van der Waals surface area (Å²) < 4.78 is 0. The standard InChI is InChI=1S/C28H30Cl2N2O/c1-20(31-27(33)28(17-5-6-18-28)32-25-7-3-2-4-8-25)26(22-11-15-24(30)16-12-22)19-21-9-13-23(29)14-10-21/h2-4,7-16,20,26,32H,5-6,17-19H2,1H3,(H,31,33)/t20-,26+/m1/s1. The van der Waals surface area contributed by atoms with Crippen LogP contribution < -0.4 is 10.6 Å². The highest BCUT2D eigenvalue weighted by Gasteiger charge is 2.42. The number of nitrogens with one attached hydrogen (secondary N) is 2. The van der Waals surface area contributed by atoms with Crippen LogP contribution in [0.4, 0.5) is 5.69 Å². The molecule has 3 aromatic carbocycles. The van der Waals surface area contributed by atoms with Crippen LogP contribution in [-0.4, -0.2) is 17.5 Å². The molecule has 0 heterocycles. The van der Waals surface area contributed by atoms with E-state index in [4.69, 9.17) is 23.2 Å². The molecule has 0 spiro atoms. The van der Waals surface area contributed by atoms with Crippen molar-refractivity contribution >= 4 is 34.8 Å². The van der Waals surface area contributed by atoms with Crippen molar-refractivity contribution in [3.8, 4) is 0 Å². The number of carbonyl (C=O) groups excluding carboxylic acids is 1. The molecule has 0 radical (unpaired) electrons. The van der Waals surface area contributed by atoms with E-state index in [9.17, 15) is 4.79 Å². The number of benzene rings is 3. The summed E-state index contributed by atoms with van der Waals surface area (Å²) in [6.07, 6.45) is 4.56. The van der Waals surface area contributed by atoms with E-state index in [2.05, 4.69) is 41.8 Å². The molecular formula is C28H30Cl2N2O. The number of carbonyl (C=O) groups is 1. The number of anilines is 1. The number of rotatable bonds is 8. The first kappa shape index (κ1) is 23.7. The second-order valence-corrected chi connectivity index (χ2v) is 9.90. The molecule has 2 atom stereocenters. The first-order valence-corrected chi connectivity index (χ1v) is 12.3. The number of amides is 1. The van der Waals surface area contributed by atoms with Gasteiger partial charge in [-0.1, -0.05) is 78.5 Å². The third-order valence-electron chi connectivity index (χ3n) is 6.68. The van der Waals surface area contributed by atoms with Gasteiger partial charge in [0, 0.05) is 27.7 Å². The Morgan fingerprint density at radius 1 is 0.879 bits per heavy atom. The minimum atomic E-state index is -0.569. The normalized spacial score (nSPS) is 16.7. The molecular weight excluding hydrogens is 451 g/mol. The van der Waals surface area contributed by atoms with Crippen molar-refractivity contribution in [1.29, 1.82) is 0 Å². The average molecular weight is 481 g/mol. The molecule has 0 bridgehead atoms. The summed E-state index contributed by atoms with van der Waals surface area (Å²) in [5.41, 5.74) is 2.75. The second-order valence-electron chi connectivity index (χ2n) is 9.03. The molecule has 3 aromatic rings. The molecule has 1 saturated carbocycles. The zero-order chi connectivity index (χ0) is 23.3. The van der Waals surface area contributed by atoms with E-state index in [1.165, 1.54) is 5.56 Å². The van der Waals surface area contributed by atoms with Crippen molar-refractivity contribution in [1.82, 2.24) is 5.32 Å². The summed E-state index contributed by atoms with van der Waals surface area (Å²) >= 11 is 12.2. The zero-order valence-corrected chi connectivity index (χ0v) is 20.4. The van der Waals surface area contributed by atoms with Gasteiger partial charge in [-0.2, -0.15) is 0 Å². The zero-order valence-electron chi connectivity index (χ0n) is 18.9. The van der Waals surface area contributed by atoms with Gasteiger partial charge in [-0.3, -0.25) is 4.79 Å². The Hall–Kier alpha value is -2.49. The summed E-state index contributed by atoms with van der Waals surface area (Å²) in [6.45, 7) is 2.10. The maximum Gasteiger partial charge on any atom is 0.245 e. The van der Waals surface area contributed by atoms with E-state index in [1.807, 2.05) is 54.6 Å². The summed E-state index contributed by atoms with van der Waals surface area (Å²) in [6, 6.07) is 25.8. The van der Waals surface area contributed by atoms with Crippen LogP contribution in [0.3, 0.4) is 0 Å². The molecule has 1 amide bonds. The summed E-state index contributed by atoms with van der Waals surface area (Å²) in [5.74, 6) is 0.175. The Bertz CT molecular complexity index is 1050. The van der Waals surface area contributed by atoms with Gasteiger partial charge < -0.3 is 10.6 Å². The lowest BCUT2D eigenvalue weighted by Gasteiger charge is -2.34. The molecule has 1 fully saturated rings. The molecule has 5 heteroatoms. The van der Waals surface area contributed by atoms with Crippen molar-refractivity contribution in [2.75, 3.05) is 5.32 Å². The topological polar surface area (TPSA) is 41.1 Å².